The van der Waals surface area contributed by atoms with E-state index in [0.717, 1.165) is 103 Å². The number of anilines is 3. The maximum absolute atomic E-state index is 5.90. The summed E-state index contributed by atoms with van der Waals surface area (Å²) in [6.07, 6.45) is 3.46. The lowest BCUT2D eigenvalue weighted by Gasteiger charge is -2.25. The van der Waals surface area contributed by atoms with Crippen molar-refractivity contribution < 1.29 is 37.9 Å². The zero-order valence-corrected chi connectivity index (χ0v) is 29.2. The molecule has 272 valence electrons. The number of para-hydroxylation sites is 2. The lowest BCUT2D eigenvalue weighted by Crippen LogP contribution is -2.32. The van der Waals surface area contributed by atoms with Gasteiger partial charge in [0.25, 0.3) is 0 Å². The second kappa shape index (κ2) is 15.3. The molecule has 0 saturated carbocycles. The van der Waals surface area contributed by atoms with Crippen molar-refractivity contribution in [3.8, 4) is 5.75 Å². The zero-order chi connectivity index (χ0) is 34.0. The van der Waals surface area contributed by atoms with E-state index in [-0.39, 0.29) is 6.10 Å². The molecule has 7 fully saturated rings. The van der Waals surface area contributed by atoms with Crippen LogP contribution >= 0.6 is 0 Å². The minimum Gasteiger partial charge on any atom is -0.489 e. The quantitative estimate of drug-likeness (QED) is 0.162. The van der Waals surface area contributed by atoms with Crippen LogP contribution < -0.4 is 19.4 Å². The van der Waals surface area contributed by atoms with E-state index in [1.165, 1.54) is 22.5 Å². The normalized spacial score (nSPS) is 28.5. The van der Waals surface area contributed by atoms with Crippen LogP contribution in [-0.2, 0) is 39.6 Å². The number of ether oxygens (including phenoxy) is 8. The van der Waals surface area contributed by atoms with Crippen molar-refractivity contribution in [1.82, 2.24) is 0 Å². The number of hydrogen-bond acceptors (Lipinski definition) is 11. The minimum atomic E-state index is 0.273. The first-order valence-corrected chi connectivity index (χ1v) is 18.6. The molecular weight excluding hydrogens is 650 g/mol. The van der Waals surface area contributed by atoms with E-state index in [2.05, 4.69) is 69.3 Å². The first-order valence-electron chi connectivity index (χ1n) is 18.6. The van der Waals surface area contributed by atoms with Gasteiger partial charge in [-0.05, 0) is 53.9 Å². The predicted molar refractivity (Wildman–Crippen MR) is 192 cm³/mol. The molecule has 11 heteroatoms. The van der Waals surface area contributed by atoms with Crippen molar-refractivity contribution in [3.63, 3.8) is 0 Å². The van der Waals surface area contributed by atoms with E-state index in [9.17, 15) is 0 Å². The molecule has 7 heterocycles. The van der Waals surface area contributed by atoms with Crippen molar-refractivity contribution in [1.29, 1.82) is 0 Å². The van der Waals surface area contributed by atoms with E-state index >= 15 is 0 Å². The third-order valence-electron chi connectivity index (χ3n) is 10.0. The summed E-state index contributed by atoms with van der Waals surface area (Å²) >= 11 is 0. The average Bonchev–Trinajstić information content (AvgIpc) is 3.95. The molecule has 10 rings (SSSR count). The van der Waals surface area contributed by atoms with E-state index in [0.29, 0.717) is 43.2 Å². The van der Waals surface area contributed by atoms with Crippen molar-refractivity contribution in [3.05, 3.63) is 83.9 Å². The van der Waals surface area contributed by atoms with E-state index < -0.39 is 0 Å². The van der Waals surface area contributed by atoms with Gasteiger partial charge in [0.05, 0.1) is 88.6 Å². The summed E-state index contributed by atoms with van der Waals surface area (Å²) in [5.41, 5.74) is 6.29. The standard InChI is InChI=1S/C25H30N2O4.C15H19NO4/c1-5-20(26(10-22-14-28-22)11-23-15-29-23)6-2-18(1)9-19-3-7-21(8-4-19)27(12-24-16-30-24)13-25-17-31-25;1-2-4-15(20-10-13-9-19-13)14(3-1)16(5-11-7-17-11)6-12-8-18-12/h1-8,22-25H,9-17H2;1-4,11-13H,5-10H2. The van der Waals surface area contributed by atoms with Gasteiger partial charge in [0.1, 0.15) is 18.5 Å². The minimum absolute atomic E-state index is 0.273. The summed E-state index contributed by atoms with van der Waals surface area (Å²) in [4.78, 5) is 7.11. The van der Waals surface area contributed by atoms with Crippen LogP contribution in [0.15, 0.2) is 72.8 Å². The Labute approximate surface area is 300 Å². The number of hydrogen-bond donors (Lipinski definition) is 0. The highest BCUT2D eigenvalue weighted by atomic mass is 16.6. The molecule has 3 aromatic rings. The van der Waals surface area contributed by atoms with Gasteiger partial charge in [0, 0.05) is 50.6 Å². The Morgan fingerprint density at radius 1 is 0.431 bits per heavy atom. The molecule has 7 aliphatic heterocycles. The smallest absolute Gasteiger partial charge is 0.142 e. The molecular formula is C40H49N3O8. The first-order chi connectivity index (χ1) is 25.2. The van der Waals surface area contributed by atoms with Gasteiger partial charge in [0.15, 0.2) is 0 Å². The fraction of sp³-hybridized carbons (Fsp3) is 0.550. The van der Waals surface area contributed by atoms with Gasteiger partial charge in [-0.25, -0.2) is 0 Å². The van der Waals surface area contributed by atoms with Gasteiger partial charge in [-0.3, -0.25) is 0 Å². The molecule has 51 heavy (non-hydrogen) atoms. The molecule has 0 aromatic heterocycles. The molecule has 0 amide bonds. The summed E-state index contributed by atoms with van der Waals surface area (Å²) < 4.78 is 43.6. The zero-order valence-electron chi connectivity index (χ0n) is 29.2. The fourth-order valence-corrected chi connectivity index (χ4v) is 6.43. The van der Waals surface area contributed by atoms with Gasteiger partial charge in [-0.1, -0.05) is 36.4 Å². The summed E-state index contributed by atoms with van der Waals surface area (Å²) in [6, 6.07) is 26.1. The van der Waals surface area contributed by atoms with Crippen LogP contribution in [0, 0.1) is 0 Å². The topological polar surface area (TPSA) is 107 Å². The Hall–Kier alpha value is -3.42. The van der Waals surface area contributed by atoms with Crippen LogP contribution in [0.25, 0.3) is 0 Å². The van der Waals surface area contributed by atoms with Crippen molar-refractivity contribution >= 4 is 17.1 Å². The number of benzene rings is 3. The van der Waals surface area contributed by atoms with Crippen molar-refractivity contribution in [2.75, 3.05) is 107 Å². The number of epoxide rings is 7. The maximum Gasteiger partial charge on any atom is 0.142 e. The van der Waals surface area contributed by atoms with Crippen molar-refractivity contribution in [2.24, 2.45) is 0 Å². The third-order valence-corrected chi connectivity index (χ3v) is 10.0. The molecule has 3 aromatic carbocycles. The van der Waals surface area contributed by atoms with Crippen molar-refractivity contribution in [2.45, 2.75) is 49.1 Å². The van der Waals surface area contributed by atoms with E-state index in [4.69, 9.17) is 37.9 Å². The van der Waals surface area contributed by atoms with Crippen LogP contribution in [0.1, 0.15) is 11.1 Å². The van der Waals surface area contributed by atoms with E-state index in [1.54, 1.807) is 0 Å². The molecule has 7 unspecified atom stereocenters. The molecule has 0 N–H and O–H groups in total. The van der Waals surface area contributed by atoms with Gasteiger partial charge in [0.2, 0.25) is 0 Å². The second-order valence-corrected chi connectivity index (χ2v) is 14.7. The fourth-order valence-electron chi connectivity index (χ4n) is 6.43. The highest BCUT2D eigenvalue weighted by Crippen LogP contribution is 2.32. The summed E-state index contributed by atoms with van der Waals surface area (Å²) in [5, 5.41) is 0. The van der Waals surface area contributed by atoms with Gasteiger partial charge in [-0.15, -0.1) is 0 Å². The third kappa shape index (κ3) is 10.6. The summed E-state index contributed by atoms with van der Waals surface area (Å²) in [6.45, 7) is 12.3. The molecule has 7 saturated heterocycles. The van der Waals surface area contributed by atoms with E-state index in [1.807, 2.05) is 18.2 Å². The lowest BCUT2D eigenvalue weighted by atomic mass is 10.0. The monoisotopic (exact) mass is 699 g/mol. The Bertz CT molecular complexity index is 1450. The second-order valence-electron chi connectivity index (χ2n) is 14.7. The summed E-state index contributed by atoms with van der Waals surface area (Å²) in [5.74, 6) is 0.921. The van der Waals surface area contributed by atoms with Crippen LogP contribution in [0.3, 0.4) is 0 Å². The Morgan fingerprint density at radius 2 is 0.784 bits per heavy atom. The first kappa shape index (κ1) is 33.4. The number of rotatable bonds is 20. The highest BCUT2D eigenvalue weighted by molar-refractivity contribution is 5.59. The van der Waals surface area contributed by atoms with Crippen LogP contribution in [0.5, 0.6) is 5.75 Å². The molecule has 0 bridgehead atoms. The average molecular weight is 700 g/mol. The van der Waals surface area contributed by atoms with Gasteiger partial charge < -0.3 is 52.6 Å². The number of nitrogens with zero attached hydrogens (tertiary/aromatic N) is 3. The molecule has 0 aliphatic carbocycles. The summed E-state index contributed by atoms with van der Waals surface area (Å²) in [7, 11) is 0. The van der Waals surface area contributed by atoms with Crippen LogP contribution in [-0.4, -0.2) is 135 Å². The Morgan fingerprint density at radius 3 is 1.16 bits per heavy atom. The van der Waals surface area contributed by atoms with Crippen LogP contribution in [0.4, 0.5) is 17.1 Å². The SMILES string of the molecule is c1cc(N(CC2CO2)CC2CO2)ccc1Cc1ccc(N(CC2CO2)CC2CO2)cc1.c1ccc(N(CC2CO2)CC2CO2)c(OCC2CO2)c1. The Kier molecular flexibility index (Phi) is 10.0. The van der Waals surface area contributed by atoms with Crippen LogP contribution in [0.2, 0.25) is 0 Å². The highest BCUT2D eigenvalue weighted by Gasteiger charge is 2.34. The molecule has 0 spiro atoms. The molecule has 7 aliphatic rings. The lowest BCUT2D eigenvalue weighted by molar-refractivity contribution is 0.263. The molecule has 0 radical (unpaired) electrons. The predicted octanol–water partition coefficient (Wildman–Crippen LogP) is 3.55. The molecule has 11 nitrogen and oxygen atoms in total. The maximum atomic E-state index is 5.90. The molecule has 7 atom stereocenters. The largest absolute Gasteiger partial charge is 0.489 e. The van der Waals surface area contributed by atoms with Gasteiger partial charge >= 0.3 is 0 Å². The Balaban J connectivity index is 0.000000150. The van der Waals surface area contributed by atoms with Gasteiger partial charge in [-0.2, -0.15) is 0 Å².